The number of carbonyl (C=O) groups is 1. The number of benzene rings is 1. The average Bonchev–Trinajstić information content (AvgIpc) is 3.01. The second-order valence-electron chi connectivity index (χ2n) is 6.50. The number of imidazole rings is 1. The summed E-state index contributed by atoms with van der Waals surface area (Å²) in [4.78, 5) is 18.6. The molecular weight excluding hydrogens is 370 g/mol. The van der Waals surface area contributed by atoms with Crippen LogP contribution >= 0.6 is 15.9 Å². The number of halogens is 1. The minimum Gasteiger partial charge on any atom is -0.383 e. The second kappa shape index (κ2) is 7.07. The van der Waals surface area contributed by atoms with Crippen LogP contribution < -0.4 is 0 Å². The van der Waals surface area contributed by atoms with E-state index in [2.05, 4.69) is 59.0 Å². The lowest BCUT2D eigenvalue weighted by Gasteiger charge is -2.15. The molecule has 0 saturated heterocycles. The molecule has 128 valence electrons. The van der Waals surface area contributed by atoms with Crippen LogP contribution in [0.5, 0.6) is 0 Å². The SMILES string of the molecule is COCCN1Cn2c(nc(Br)c2-c2ccc(CC(C)C)cc2)C1=O. The van der Waals surface area contributed by atoms with Crippen molar-refractivity contribution >= 4 is 21.8 Å². The molecule has 3 rings (SSSR count). The first-order valence-corrected chi connectivity index (χ1v) is 8.94. The summed E-state index contributed by atoms with van der Waals surface area (Å²) in [5, 5.41) is 0. The first kappa shape index (κ1) is 17.2. The van der Waals surface area contributed by atoms with Gasteiger partial charge in [0.2, 0.25) is 5.82 Å². The Balaban J connectivity index is 1.88. The first-order chi connectivity index (χ1) is 11.5. The predicted molar refractivity (Wildman–Crippen MR) is 96.8 cm³/mol. The molecule has 0 aliphatic carbocycles. The van der Waals surface area contributed by atoms with Gasteiger partial charge < -0.3 is 14.2 Å². The van der Waals surface area contributed by atoms with Crippen LogP contribution in [0.3, 0.4) is 0 Å². The number of hydrogen-bond acceptors (Lipinski definition) is 3. The Morgan fingerprint density at radius 1 is 1.29 bits per heavy atom. The number of ether oxygens (including phenoxy) is 1. The van der Waals surface area contributed by atoms with Gasteiger partial charge in [-0.3, -0.25) is 4.79 Å². The summed E-state index contributed by atoms with van der Waals surface area (Å²) in [6.07, 6.45) is 1.06. The number of methoxy groups -OCH3 is 1. The van der Waals surface area contributed by atoms with E-state index in [1.807, 2.05) is 4.57 Å². The van der Waals surface area contributed by atoms with Crippen molar-refractivity contribution in [2.45, 2.75) is 26.9 Å². The van der Waals surface area contributed by atoms with Gasteiger partial charge in [0.1, 0.15) is 11.3 Å². The fraction of sp³-hybridized carbons (Fsp3) is 0.444. The minimum atomic E-state index is -0.0459. The summed E-state index contributed by atoms with van der Waals surface area (Å²) in [7, 11) is 1.64. The Kier molecular flexibility index (Phi) is 5.06. The van der Waals surface area contributed by atoms with Crippen molar-refractivity contribution in [3.05, 3.63) is 40.3 Å². The summed E-state index contributed by atoms with van der Waals surface area (Å²) in [6.45, 7) is 6.04. The highest BCUT2D eigenvalue weighted by Crippen LogP contribution is 2.33. The molecule has 1 aromatic carbocycles. The molecule has 1 aliphatic rings. The molecule has 6 heteroatoms. The molecule has 0 unspecified atom stereocenters. The fourth-order valence-electron chi connectivity index (χ4n) is 3.02. The normalized spacial score (nSPS) is 13.9. The highest BCUT2D eigenvalue weighted by atomic mass is 79.9. The Hall–Kier alpha value is -1.66. The van der Waals surface area contributed by atoms with Gasteiger partial charge in [-0.1, -0.05) is 38.1 Å². The molecule has 0 bridgehead atoms. The first-order valence-electron chi connectivity index (χ1n) is 8.14. The molecule has 0 spiro atoms. The molecule has 0 atom stereocenters. The highest BCUT2D eigenvalue weighted by Gasteiger charge is 2.32. The number of hydrogen-bond donors (Lipinski definition) is 0. The van der Waals surface area contributed by atoms with Crippen molar-refractivity contribution < 1.29 is 9.53 Å². The largest absolute Gasteiger partial charge is 0.383 e. The molecule has 0 fully saturated rings. The van der Waals surface area contributed by atoms with E-state index in [0.29, 0.717) is 36.2 Å². The van der Waals surface area contributed by atoms with E-state index in [9.17, 15) is 4.79 Å². The van der Waals surface area contributed by atoms with Gasteiger partial charge in [-0.2, -0.15) is 0 Å². The maximum Gasteiger partial charge on any atom is 0.291 e. The number of rotatable bonds is 6. The minimum absolute atomic E-state index is 0.0459. The topological polar surface area (TPSA) is 47.4 Å². The maximum absolute atomic E-state index is 12.4. The van der Waals surface area contributed by atoms with Gasteiger partial charge in [0.15, 0.2) is 0 Å². The van der Waals surface area contributed by atoms with E-state index < -0.39 is 0 Å². The van der Waals surface area contributed by atoms with E-state index in [4.69, 9.17) is 4.74 Å². The number of aromatic nitrogens is 2. The van der Waals surface area contributed by atoms with Gasteiger partial charge in [-0.15, -0.1) is 0 Å². The molecule has 2 heterocycles. The van der Waals surface area contributed by atoms with Crippen molar-refractivity contribution in [3.63, 3.8) is 0 Å². The van der Waals surface area contributed by atoms with Crippen molar-refractivity contribution in [1.82, 2.24) is 14.5 Å². The standard InChI is InChI=1S/C18H22BrN3O2/c1-12(2)10-13-4-6-14(7-5-13)15-16(19)20-17-18(23)21(8-9-24-3)11-22(15)17/h4-7,12H,8-11H2,1-3H3. The predicted octanol–water partition coefficient (Wildman–Crippen LogP) is 3.57. The third-order valence-corrected chi connectivity index (χ3v) is 4.71. The number of carbonyl (C=O) groups excluding carboxylic acids is 1. The van der Waals surface area contributed by atoms with E-state index in [-0.39, 0.29) is 5.91 Å². The lowest BCUT2D eigenvalue weighted by Crippen LogP contribution is -2.28. The van der Waals surface area contributed by atoms with Crippen molar-refractivity contribution in [3.8, 4) is 11.3 Å². The second-order valence-corrected chi connectivity index (χ2v) is 7.25. The molecule has 1 amide bonds. The van der Waals surface area contributed by atoms with Gasteiger partial charge in [-0.05, 0) is 33.8 Å². The molecule has 2 aromatic rings. The van der Waals surface area contributed by atoms with Gasteiger partial charge in [0.25, 0.3) is 5.91 Å². The van der Waals surface area contributed by atoms with Gasteiger partial charge in [0, 0.05) is 19.2 Å². The summed E-state index contributed by atoms with van der Waals surface area (Å²) in [6, 6.07) is 8.52. The maximum atomic E-state index is 12.4. The fourth-order valence-corrected chi connectivity index (χ4v) is 3.63. The summed E-state index contributed by atoms with van der Waals surface area (Å²) < 4.78 is 7.77. The molecule has 24 heavy (non-hydrogen) atoms. The summed E-state index contributed by atoms with van der Waals surface area (Å²) >= 11 is 3.51. The van der Waals surface area contributed by atoms with E-state index in [0.717, 1.165) is 17.7 Å². The Morgan fingerprint density at radius 2 is 2.00 bits per heavy atom. The Morgan fingerprint density at radius 3 is 2.62 bits per heavy atom. The van der Waals surface area contributed by atoms with Crippen LogP contribution in [0.2, 0.25) is 0 Å². The number of nitrogens with zero attached hydrogens (tertiary/aromatic N) is 3. The van der Waals surface area contributed by atoms with E-state index in [1.165, 1.54) is 5.56 Å². The summed E-state index contributed by atoms with van der Waals surface area (Å²) in [5.74, 6) is 1.07. The highest BCUT2D eigenvalue weighted by molar-refractivity contribution is 9.10. The monoisotopic (exact) mass is 391 g/mol. The Labute approximate surface area is 150 Å². The molecule has 0 radical (unpaired) electrons. The van der Waals surface area contributed by atoms with Crippen molar-refractivity contribution in [1.29, 1.82) is 0 Å². The van der Waals surface area contributed by atoms with Crippen LogP contribution in [0.25, 0.3) is 11.3 Å². The molecule has 0 N–H and O–H groups in total. The van der Waals surface area contributed by atoms with Crippen LogP contribution in [0, 0.1) is 5.92 Å². The van der Waals surface area contributed by atoms with Crippen LogP contribution in [0.4, 0.5) is 0 Å². The van der Waals surface area contributed by atoms with E-state index in [1.54, 1.807) is 12.0 Å². The quantitative estimate of drug-likeness (QED) is 0.755. The van der Waals surface area contributed by atoms with Crippen LogP contribution in [0.1, 0.15) is 30.0 Å². The smallest absolute Gasteiger partial charge is 0.291 e. The zero-order valence-corrected chi connectivity index (χ0v) is 15.8. The molecular formula is C18H22BrN3O2. The molecule has 1 aliphatic heterocycles. The van der Waals surface area contributed by atoms with E-state index >= 15 is 0 Å². The molecule has 1 aromatic heterocycles. The van der Waals surface area contributed by atoms with Gasteiger partial charge in [0.05, 0.1) is 12.3 Å². The Bertz CT molecular complexity index is 737. The van der Waals surface area contributed by atoms with Crippen LogP contribution in [-0.4, -0.2) is 40.6 Å². The summed E-state index contributed by atoms with van der Waals surface area (Å²) in [5.41, 5.74) is 3.34. The zero-order valence-electron chi connectivity index (χ0n) is 14.3. The van der Waals surface area contributed by atoms with Crippen LogP contribution in [-0.2, 0) is 17.8 Å². The molecule has 5 nitrogen and oxygen atoms in total. The van der Waals surface area contributed by atoms with Crippen molar-refractivity contribution in [2.24, 2.45) is 5.92 Å². The van der Waals surface area contributed by atoms with Crippen LogP contribution in [0.15, 0.2) is 28.9 Å². The number of amides is 1. The van der Waals surface area contributed by atoms with Gasteiger partial charge >= 0.3 is 0 Å². The van der Waals surface area contributed by atoms with Crippen molar-refractivity contribution in [2.75, 3.05) is 20.3 Å². The average molecular weight is 392 g/mol. The lowest BCUT2D eigenvalue weighted by molar-refractivity contribution is 0.0702. The lowest BCUT2D eigenvalue weighted by atomic mass is 10.0. The molecule has 0 saturated carbocycles. The third kappa shape index (κ3) is 3.26. The number of fused-ring (bicyclic) bond motifs is 1. The van der Waals surface area contributed by atoms with Gasteiger partial charge in [-0.25, -0.2) is 4.98 Å². The third-order valence-electron chi connectivity index (χ3n) is 4.15. The zero-order chi connectivity index (χ0) is 17.3.